The Bertz CT molecular complexity index is 3340. The maximum atomic E-state index is 6.61. The summed E-state index contributed by atoms with van der Waals surface area (Å²) in [6.45, 7) is 0. The first kappa shape index (κ1) is 30.1. The van der Waals surface area contributed by atoms with Crippen LogP contribution in [0.15, 0.2) is 194 Å². The second kappa shape index (κ2) is 10.9. The third-order valence-corrected chi connectivity index (χ3v) is 12.9. The van der Waals surface area contributed by atoms with Crippen molar-refractivity contribution in [3.05, 3.63) is 216 Å². The van der Waals surface area contributed by atoms with Crippen molar-refractivity contribution in [2.45, 2.75) is 5.41 Å². The van der Waals surface area contributed by atoms with Crippen LogP contribution in [0.2, 0.25) is 0 Å². The zero-order chi connectivity index (χ0) is 36.5. The highest BCUT2D eigenvalue weighted by molar-refractivity contribution is 6.12. The van der Waals surface area contributed by atoms with Gasteiger partial charge in [-0.2, -0.15) is 0 Å². The summed E-state index contributed by atoms with van der Waals surface area (Å²) in [4.78, 5) is 0. The summed E-state index contributed by atoms with van der Waals surface area (Å²) >= 11 is 0. The lowest BCUT2D eigenvalue weighted by Crippen LogP contribution is -2.25. The summed E-state index contributed by atoms with van der Waals surface area (Å²) < 4.78 is 6.61. The predicted molar refractivity (Wildman–Crippen MR) is 232 cm³/mol. The Kier molecular flexibility index (Phi) is 5.89. The smallest absolute Gasteiger partial charge is 0.135 e. The topological polar surface area (TPSA) is 9.23 Å². The van der Waals surface area contributed by atoms with Gasteiger partial charge in [-0.05, 0) is 117 Å². The predicted octanol–water partition coefficient (Wildman–Crippen LogP) is 14.6. The largest absolute Gasteiger partial charge is 0.456 e. The molecular formula is C55H32O. The third-order valence-electron chi connectivity index (χ3n) is 12.9. The fraction of sp³-hybridized carbons (Fsp3) is 0.0182. The molecule has 0 saturated carbocycles. The molecular weight excluding hydrogens is 677 g/mol. The molecule has 10 aromatic rings. The van der Waals surface area contributed by atoms with Crippen molar-refractivity contribution >= 4 is 32.3 Å². The first-order valence-electron chi connectivity index (χ1n) is 19.5. The van der Waals surface area contributed by atoms with E-state index < -0.39 is 5.41 Å². The first-order valence-corrected chi connectivity index (χ1v) is 19.5. The quantitative estimate of drug-likeness (QED) is 0.174. The summed E-state index contributed by atoms with van der Waals surface area (Å²) in [6, 6.07) is 72.0. The van der Waals surface area contributed by atoms with E-state index in [0.29, 0.717) is 0 Å². The number of hydrogen-bond acceptors (Lipinski definition) is 1. The Morgan fingerprint density at radius 1 is 0.304 bits per heavy atom. The molecule has 258 valence electrons. The summed E-state index contributed by atoms with van der Waals surface area (Å²) in [6.07, 6.45) is 0. The molecule has 1 spiro atoms. The van der Waals surface area contributed by atoms with Crippen LogP contribution in [0.5, 0.6) is 11.5 Å². The number of fused-ring (bicyclic) bond motifs is 15. The summed E-state index contributed by atoms with van der Waals surface area (Å²) in [5.41, 5.74) is 17.6. The van der Waals surface area contributed by atoms with Crippen molar-refractivity contribution in [3.8, 4) is 67.1 Å². The highest BCUT2D eigenvalue weighted by atomic mass is 16.5. The van der Waals surface area contributed by atoms with Gasteiger partial charge < -0.3 is 4.74 Å². The van der Waals surface area contributed by atoms with Crippen LogP contribution in [0.4, 0.5) is 0 Å². The molecule has 0 aromatic heterocycles. The molecule has 1 heterocycles. The molecule has 0 fully saturated rings. The van der Waals surface area contributed by atoms with E-state index >= 15 is 0 Å². The molecule has 0 saturated heterocycles. The average Bonchev–Trinajstić information content (AvgIpc) is 3.73. The van der Waals surface area contributed by atoms with Gasteiger partial charge >= 0.3 is 0 Å². The molecule has 10 aromatic carbocycles. The van der Waals surface area contributed by atoms with Gasteiger partial charge in [0.05, 0.1) is 5.41 Å². The van der Waals surface area contributed by atoms with Crippen LogP contribution in [-0.4, -0.2) is 0 Å². The van der Waals surface area contributed by atoms with Crippen molar-refractivity contribution in [2.75, 3.05) is 0 Å². The van der Waals surface area contributed by atoms with E-state index in [1.54, 1.807) is 0 Å². The molecule has 0 bridgehead atoms. The van der Waals surface area contributed by atoms with Crippen molar-refractivity contribution in [2.24, 2.45) is 0 Å². The lowest BCUT2D eigenvalue weighted by atomic mass is 9.70. The van der Waals surface area contributed by atoms with Crippen LogP contribution < -0.4 is 4.74 Å². The zero-order valence-electron chi connectivity index (χ0n) is 30.4. The van der Waals surface area contributed by atoms with E-state index in [0.717, 1.165) is 17.1 Å². The maximum Gasteiger partial charge on any atom is 0.135 e. The maximum absolute atomic E-state index is 6.61. The van der Waals surface area contributed by atoms with Gasteiger partial charge in [-0.1, -0.05) is 176 Å². The van der Waals surface area contributed by atoms with Crippen LogP contribution >= 0.6 is 0 Å². The fourth-order valence-corrected chi connectivity index (χ4v) is 10.7. The van der Waals surface area contributed by atoms with E-state index in [4.69, 9.17) is 4.74 Å². The number of ether oxygens (including phenoxy) is 1. The molecule has 1 atom stereocenters. The highest BCUT2D eigenvalue weighted by Crippen LogP contribution is 2.64. The van der Waals surface area contributed by atoms with E-state index in [-0.39, 0.29) is 0 Å². The van der Waals surface area contributed by atoms with E-state index in [1.165, 1.54) is 105 Å². The van der Waals surface area contributed by atoms with E-state index in [2.05, 4.69) is 194 Å². The second-order valence-corrected chi connectivity index (χ2v) is 15.5. The average molecular weight is 709 g/mol. The van der Waals surface area contributed by atoms with Gasteiger partial charge in [0.1, 0.15) is 11.5 Å². The van der Waals surface area contributed by atoms with Crippen LogP contribution in [-0.2, 0) is 5.41 Å². The zero-order valence-corrected chi connectivity index (χ0v) is 30.4. The lowest BCUT2D eigenvalue weighted by Gasteiger charge is -2.31. The van der Waals surface area contributed by atoms with E-state index in [1.807, 2.05) is 0 Å². The van der Waals surface area contributed by atoms with Crippen LogP contribution in [0.25, 0.3) is 88.0 Å². The van der Waals surface area contributed by atoms with Crippen molar-refractivity contribution in [1.82, 2.24) is 0 Å². The normalized spacial score (nSPS) is 15.4. The van der Waals surface area contributed by atoms with Crippen LogP contribution in [0, 0.1) is 0 Å². The molecule has 56 heavy (non-hydrogen) atoms. The molecule has 3 aliphatic rings. The van der Waals surface area contributed by atoms with Crippen LogP contribution in [0.1, 0.15) is 22.3 Å². The molecule has 2 aliphatic carbocycles. The van der Waals surface area contributed by atoms with Crippen LogP contribution in [0.3, 0.4) is 0 Å². The van der Waals surface area contributed by atoms with Crippen molar-refractivity contribution < 1.29 is 4.74 Å². The van der Waals surface area contributed by atoms with Gasteiger partial charge in [0.2, 0.25) is 0 Å². The summed E-state index contributed by atoms with van der Waals surface area (Å²) in [7, 11) is 0. The Morgan fingerprint density at radius 3 is 1.77 bits per heavy atom. The number of hydrogen-bond donors (Lipinski definition) is 0. The highest BCUT2D eigenvalue weighted by Gasteiger charge is 2.52. The molecule has 0 N–H and O–H groups in total. The van der Waals surface area contributed by atoms with Gasteiger partial charge in [-0.3, -0.25) is 0 Å². The monoisotopic (exact) mass is 708 g/mol. The summed E-state index contributed by atoms with van der Waals surface area (Å²) in [5, 5.41) is 7.42. The standard InChI is InChI=1S/C55H32O/c1-2-15-37-33(12-1)27-31-48-53(37)44-19-6-8-23-47(44)55(48)46-22-7-5-18-41(46)42-28-26-35(32-49(42)55)36-29-30-40(39-17-4-3-16-38(36)39)43-20-11-25-51-54(43)45-21-9-13-34-14-10-24-50(56-51)52(34)45/h1-32H. The molecule has 1 unspecified atom stereocenters. The lowest BCUT2D eigenvalue weighted by molar-refractivity contribution is 0.487. The molecule has 0 amide bonds. The Balaban J connectivity index is 1.05. The van der Waals surface area contributed by atoms with Gasteiger partial charge in [0, 0.05) is 10.9 Å². The number of rotatable bonds is 2. The fourth-order valence-electron chi connectivity index (χ4n) is 10.7. The first-order chi connectivity index (χ1) is 27.8. The number of benzene rings is 10. The Hall–Kier alpha value is -7.22. The molecule has 1 heteroatoms. The van der Waals surface area contributed by atoms with Crippen molar-refractivity contribution in [1.29, 1.82) is 0 Å². The van der Waals surface area contributed by atoms with Crippen molar-refractivity contribution in [3.63, 3.8) is 0 Å². The Labute approximate surface area is 324 Å². The van der Waals surface area contributed by atoms with Gasteiger partial charge in [0.15, 0.2) is 0 Å². The minimum Gasteiger partial charge on any atom is -0.456 e. The molecule has 1 nitrogen and oxygen atoms in total. The third kappa shape index (κ3) is 3.75. The summed E-state index contributed by atoms with van der Waals surface area (Å²) in [5.74, 6) is 1.82. The minimum atomic E-state index is -0.423. The molecule has 1 aliphatic heterocycles. The van der Waals surface area contributed by atoms with Gasteiger partial charge in [0.25, 0.3) is 0 Å². The minimum absolute atomic E-state index is 0.423. The molecule has 0 radical (unpaired) electrons. The molecule has 13 rings (SSSR count). The van der Waals surface area contributed by atoms with E-state index in [9.17, 15) is 0 Å². The SMILES string of the molecule is c1ccc2c(c1)-c1ccc(-c3ccc(-c4cccc5c4-c4cccc6cccc(c46)O5)c4ccccc34)cc1C21c2ccccc2-c2c1ccc1ccccc21. The van der Waals surface area contributed by atoms with Gasteiger partial charge in [-0.25, -0.2) is 0 Å². The second-order valence-electron chi connectivity index (χ2n) is 15.5. The van der Waals surface area contributed by atoms with Gasteiger partial charge in [-0.15, -0.1) is 0 Å². The Morgan fingerprint density at radius 2 is 0.893 bits per heavy atom.